The third-order valence-corrected chi connectivity index (χ3v) is 4.41. The van der Waals surface area contributed by atoms with Gasteiger partial charge in [-0.2, -0.15) is 0 Å². The van der Waals surface area contributed by atoms with Gasteiger partial charge < -0.3 is 4.74 Å². The zero-order chi connectivity index (χ0) is 19.1. The fraction of sp³-hybridized carbons (Fsp3) is 0.217. The number of nitrogens with zero attached hydrogens (tertiary/aromatic N) is 2. The Morgan fingerprint density at radius 3 is 2.56 bits per heavy atom. The number of ether oxygens (including phenoxy) is 1. The average molecular weight is 379 g/mol. The van der Waals surface area contributed by atoms with Crippen LogP contribution in [-0.2, 0) is 12.8 Å². The van der Waals surface area contributed by atoms with Gasteiger partial charge in [-0.25, -0.2) is 0 Å². The summed E-state index contributed by atoms with van der Waals surface area (Å²) in [6.45, 7) is 4.74. The summed E-state index contributed by atoms with van der Waals surface area (Å²) in [5, 5.41) is 0.699. The fourth-order valence-corrected chi connectivity index (χ4v) is 2.96. The fourth-order valence-electron chi connectivity index (χ4n) is 2.68. The largest absolute Gasteiger partial charge is 0.493 e. The van der Waals surface area contributed by atoms with E-state index in [9.17, 15) is 0 Å². The Labute approximate surface area is 165 Å². The summed E-state index contributed by atoms with van der Waals surface area (Å²) in [4.78, 5) is 8.94. The smallest absolute Gasteiger partial charge is 0.119 e. The van der Waals surface area contributed by atoms with Crippen LogP contribution in [0.15, 0.2) is 65.8 Å². The lowest BCUT2D eigenvalue weighted by Gasteiger charge is -2.06. The van der Waals surface area contributed by atoms with Gasteiger partial charge in [-0.05, 0) is 78.6 Å². The zero-order valence-corrected chi connectivity index (χ0v) is 16.4. The summed E-state index contributed by atoms with van der Waals surface area (Å²) >= 11 is 6.07. The molecule has 0 N–H and O–H groups in total. The molecule has 0 aliphatic rings. The number of hydrogen-bond acceptors (Lipinski definition) is 3. The molecule has 1 aromatic heterocycles. The molecule has 0 saturated heterocycles. The number of halogens is 1. The van der Waals surface area contributed by atoms with Gasteiger partial charge in [-0.15, -0.1) is 0 Å². The second-order valence-electron chi connectivity index (χ2n) is 6.42. The predicted molar refractivity (Wildman–Crippen MR) is 113 cm³/mol. The maximum atomic E-state index is 6.07. The molecule has 0 bridgehead atoms. The van der Waals surface area contributed by atoms with Crippen molar-refractivity contribution in [1.29, 1.82) is 0 Å². The van der Waals surface area contributed by atoms with Gasteiger partial charge in [-0.3, -0.25) is 9.98 Å². The molecule has 0 radical (unpaired) electrons. The summed E-state index contributed by atoms with van der Waals surface area (Å²) in [5.74, 6) is 0.843. The predicted octanol–water partition coefficient (Wildman–Crippen LogP) is 5.98. The molecule has 1 heterocycles. The summed E-state index contributed by atoms with van der Waals surface area (Å²) in [7, 11) is 0. The van der Waals surface area contributed by atoms with Gasteiger partial charge in [0.1, 0.15) is 5.75 Å². The average Bonchev–Trinajstić information content (AvgIpc) is 2.67. The maximum absolute atomic E-state index is 6.07. The first kappa shape index (κ1) is 19.1. The highest BCUT2D eigenvalue weighted by molar-refractivity contribution is 6.30. The highest BCUT2D eigenvalue weighted by Gasteiger charge is 1.99. The van der Waals surface area contributed by atoms with Gasteiger partial charge in [0.15, 0.2) is 0 Å². The molecule has 4 heteroatoms. The van der Waals surface area contributed by atoms with Crippen molar-refractivity contribution in [2.45, 2.75) is 26.7 Å². The Hall–Kier alpha value is -2.65. The second-order valence-corrected chi connectivity index (χ2v) is 6.86. The Kier molecular flexibility index (Phi) is 6.61. The summed E-state index contributed by atoms with van der Waals surface area (Å²) < 4.78 is 5.81. The topological polar surface area (TPSA) is 34.5 Å². The van der Waals surface area contributed by atoms with E-state index in [-0.39, 0.29) is 0 Å². The molecule has 0 saturated carbocycles. The van der Waals surface area contributed by atoms with Crippen molar-refractivity contribution in [3.8, 4) is 5.75 Å². The first-order valence-electron chi connectivity index (χ1n) is 9.10. The molecule has 27 heavy (non-hydrogen) atoms. The number of pyridine rings is 1. The first-order valence-corrected chi connectivity index (χ1v) is 9.48. The highest BCUT2D eigenvalue weighted by atomic mass is 35.5. The van der Waals surface area contributed by atoms with E-state index < -0.39 is 0 Å². The van der Waals surface area contributed by atoms with Crippen molar-refractivity contribution in [2.24, 2.45) is 4.99 Å². The SMILES string of the molecule is CCc1ccc(CCOc2ccc(C=Nc3cc(C)cc(Cl)c3)cc2)nc1. The maximum Gasteiger partial charge on any atom is 0.119 e. The third kappa shape index (κ3) is 5.93. The van der Waals surface area contributed by atoms with E-state index in [0.29, 0.717) is 11.6 Å². The standard InChI is InChI=1S/C23H23ClN2O/c1-3-18-4-7-21(25-15-18)10-11-27-23-8-5-19(6-9-23)16-26-22-13-17(2)12-20(24)14-22/h4-9,12-16H,3,10-11H2,1-2H3. The quantitative estimate of drug-likeness (QED) is 0.474. The van der Waals surface area contributed by atoms with E-state index in [0.717, 1.165) is 41.1 Å². The highest BCUT2D eigenvalue weighted by Crippen LogP contribution is 2.21. The molecule has 138 valence electrons. The molecule has 3 rings (SSSR count). The Bertz CT molecular complexity index is 882. The van der Waals surface area contributed by atoms with E-state index >= 15 is 0 Å². The number of aromatic nitrogens is 1. The molecule has 0 fully saturated rings. The van der Waals surface area contributed by atoms with Crippen LogP contribution < -0.4 is 4.74 Å². The number of benzene rings is 2. The van der Waals surface area contributed by atoms with Gasteiger partial charge >= 0.3 is 0 Å². The zero-order valence-electron chi connectivity index (χ0n) is 15.7. The molecule has 0 atom stereocenters. The normalized spacial score (nSPS) is 11.1. The minimum Gasteiger partial charge on any atom is -0.493 e. The van der Waals surface area contributed by atoms with Crippen LogP contribution in [0.25, 0.3) is 0 Å². The van der Waals surface area contributed by atoms with E-state index in [1.807, 2.05) is 61.8 Å². The van der Waals surface area contributed by atoms with Crippen LogP contribution in [0.4, 0.5) is 5.69 Å². The number of aliphatic imine (C=N–C) groups is 1. The molecule has 2 aromatic carbocycles. The van der Waals surface area contributed by atoms with Crippen LogP contribution in [0.1, 0.15) is 29.3 Å². The van der Waals surface area contributed by atoms with E-state index in [1.54, 1.807) is 0 Å². The Morgan fingerprint density at radius 2 is 1.89 bits per heavy atom. The second kappa shape index (κ2) is 9.33. The van der Waals surface area contributed by atoms with Crippen molar-refractivity contribution in [1.82, 2.24) is 4.98 Å². The van der Waals surface area contributed by atoms with Crippen molar-refractivity contribution < 1.29 is 4.74 Å². The van der Waals surface area contributed by atoms with Gasteiger partial charge in [0.2, 0.25) is 0 Å². The molecule has 0 spiro atoms. The molecular formula is C23H23ClN2O. The van der Waals surface area contributed by atoms with E-state index in [4.69, 9.17) is 16.3 Å². The van der Waals surface area contributed by atoms with Crippen molar-refractivity contribution in [2.75, 3.05) is 6.61 Å². The Morgan fingerprint density at radius 1 is 1.07 bits per heavy atom. The molecule has 0 aliphatic carbocycles. The summed E-state index contributed by atoms with van der Waals surface area (Å²) in [6, 6.07) is 17.9. The van der Waals surface area contributed by atoms with Crippen LogP contribution >= 0.6 is 11.6 Å². The van der Waals surface area contributed by atoms with Crippen LogP contribution in [0, 0.1) is 6.92 Å². The van der Waals surface area contributed by atoms with Crippen molar-refractivity contribution in [3.63, 3.8) is 0 Å². The van der Waals surface area contributed by atoms with Gasteiger partial charge in [0.05, 0.1) is 12.3 Å². The van der Waals surface area contributed by atoms with Crippen molar-refractivity contribution in [3.05, 3.63) is 88.2 Å². The summed E-state index contributed by atoms with van der Waals surface area (Å²) in [6.07, 6.45) is 5.57. The van der Waals surface area contributed by atoms with E-state index in [1.165, 1.54) is 5.56 Å². The van der Waals surface area contributed by atoms with Crippen LogP contribution in [0.3, 0.4) is 0 Å². The molecular weight excluding hydrogens is 356 g/mol. The van der Waals surface area contributed by atoms with Gasteiger partial charge in [-0.1, -0.05) is 24.6 Å². The van der Waals surface area contributed by atoms with Crippen molar-refractivity contribution >= 4 is 23.5 Å². The molecule has 3 aromatic rings. The van der Waals surface area contributed by atoms with Gasteiger partial charge in [0, 0.05) is 29.5 Å². The monoisotopic (exact) mass is 378 g/mol. The minimum absolute atomic E-state index is 0.605. The van der Waals surface area contributed by atoms with Crippen LogP contribution in [0.5, 0.6) is 5.75 Å². The van der Waals surface area contributed by atoms with Gasteiger partial charge in [0.25, 0.3) is 0 Å². The lowest BCUT2D eigenvalue weighted by Crippen LogP contribution is -2.03. The lowest BCUT2D eigenvalue weighted by molar-refractivity contribution is 0.320. The lowest BCUT2D eigenvalue weighted by atomic mass is 10.2. The first-order chi connectivity index (χ1) is 13.1. The van der Waals surface area contributed by atoms with Crippen LogP contribution in [-0.4, -0.2) is 17.8 Å². The van der Waals surface area contributed by atoms with E-state index in [2.05, 4.69) is 29.0 Å². The molecule has 0 unspecified atom stereocenters. The third-order valence-electron chi connectivity index (χ3n) is 4.19. The minimum atomic E-state index is 0.605. The Balaban J connectivity index is 1.52. The molecule has 0 aliphatic heterocycles. The van der Waals surface area contributed by atoms with Crippen LogP contribution in [0.2, 0.25) is 5.02 Å². The summed E-state index contributed by atoms with van der Waals surface area (Å²) in [5.41, 5.74) is 5.26. The molecule has 0 amide bonds. The number of hydrogen-bond donors (Lipinski definition) is 0. The molecule has 3 nitrogen and oxygen atoms in total. The number of rotatable bonds is 7. The number of aryl methyl sites for hydroxylation is 2.